The van der Waals surface area contributed by atoms with E-state index >= 15 is 0 Å². The topological polar surface area (TPSA) is 41.6 Å². The van der Waals surface area contributed by atoms with Gasteiger partial charge in [-0.1, -0.05) is 0 Å². The molecule has 4 nitrogen and oxygen atoms in total. The number of ether oxygens (including phenoxy) is 1. The Morgan fingerprint density at radius 1 is 1.53 bits per heavy atom. The van der Waals surface area contributed by atoms with Crippen LogP contribution in [0.15, 0.2) is 0 Å². The molecule has 1 unspecified atom stereocenters. The average molecular weight is 212 g/mol. The Kier molecular flexibility index (Phi) is 3.59. The maximum Gasteiger partial charge on any atom is 0.225 e. The van der Waals surface area contributed by atoms with E-state index in [4.69, 9.17) is 4.74 Å². The molecular weight excluding hydrogens is 192 g/mol. The van der Waals surface area contributed by atoms with Crippen molar-refractivity contribution in [2.24, 2.45) is 0 Å². The molecule has 0 bridgehead atoms. The number of nitrogens with zero attached hydrogens (tertiary/aromatic N) is 1. The predicted molar refractivity (Wildman–Crippen MR) is 57.6 cm³/mol. The van der Waals surface area contributed by atoms with Gasteiger partial charge in [0.05, 0.1) is 18.6 Å². The first-order chi connectivity index (χ1) is 7.31. The first-order valence-electron chi connectivity index (χ1n) is 5.93. The van der Waals surface area contributed by atoms with Crippen molar-refractivity contribution in [2.45, 2.75) is 38.3 Å². The Balaban J connectivity index is 1.81. The first-order valence-corrected chi connectivity index (χ1v) is 5.93. The van der Waals surface area contributed by atoms with Crippen molar-refractivity contribution in [1.29, 1.82) is 0 Å². The molecule has 86 valence electrons. The Labute approximate surface area is 91.0 Å². The summed E-state index contributed by atoms with van der Waals surface area (Å²) in [6.45, 7) is 5.59. The van der Waals surface area contributed by atoms with E-state index in [-0.39, 0.29) is 12.0 Å². The lowest BCUT2D eigenvalue weighted by Gasteiger charge is -2.38. The van der Waals surface area contributed by atoms with E-state index in [0.717, 1.165) is 39.1 Å². The van der Waals surface area contributed by atoms with Crippen LogP contribution < -0.4 is 5.32 Å². The number of hydrogen-bond donors (Lipinski definition) is 1. The molecule has 2 rings (SSSR count). The summed E-state index contributed by atoms with van der Waals surface area (Å²) in [5, 5.41) is 3.20. The summed E-state index contributed by atoms with van der Waals surface area (Å²) in [4.78, 5) is 14.0. The van der Waals surface area contributed by atoms with Crippen LogP contribution in [0.2, 0.25) is 0 Å². The highest BCUT2D eigenvalue weighted by atomic mass is 16.5. The van der Waals surface area contributed by atoms with Gasteiger partial charge in [0.2, 0.25) is 5.91 Å². The maximum absolute atomic E-state index is 12.0. The highest BCUT2D eigenvalue weighted by molar-refractivity contribution is 5.77. The van der Waals surface area contributed by atoms with Crippen molar-refractivity contribution in [3.8, 4) is 0 Å². The monoisotopic (exact) mass is 212 g/mol. The van der Waals surface area contributed by atoms with Crippen LogP contribution in [0.1, 0.15) is 26.2 Å². The molecule has 1 amide bonds. The normalized spacial score (nSPS) is 26.3. The molecule has 0 saturated carbocycles. The molecular formula is C11H20N2O2. The third-order valence-electron chi connectivity index (χ3n) is 3.29. The van der Waals surface area contributed by atoms with Crippen LogP contribution in [0, 0.1) is 0 Å². The van der Waals surface area contributed by atoms with Crippen LogP contribution in [0.3, 0.4) is 0 Å². The van der Waals surface area contributed by atoms with Crippen molar-refractivity contribution in [3.05, 3.63) is 0 Å². The SMILES string of the molecule is CCN(C(=O)CC1CCCO1)C1CNC1. The number of hydrogen-bond acceptors (Lipinski definition) is 3. The number of nitrogens with one attached hydrogen (secondary N) is 1. The van der Waals surface area contributed by atoms with E-state index in [1.165, 1.54) is 0 Å². The van der Waals surface area contributed by atoms with E-state index in [2.05, 4.69) is 5.32 Å². The van der Waals surface area contributed by atoms with Crippen molar-refractivity contribution in [1.82, 2.24) is 10.2 Å². The van der Waals surface area contributed by atoms with Crippen molar-refractivity contribution in [3.63, 3.8) is 0 Å². The Hall–Kier alpha value is -0.610. The largest absolute Gasteiger partial charge is 0.378 e. The van der Waals surface area contributed by atoms with Gasteiger partial charge in [-0.25, -0.2) is 0 Å². The predicted octanol–water partition coefficient (Wildman–Crippen LogP) is 0.376. The van der Waals surface area contributed by atoms with Gasteiger partial charge in [-0.3, -0.25) is 4.79 Å². The van der Waals surface area contributed by atoms with Crippen LogP contribution in [-0.2, 0) is 9.53 Å². The smallest absolute Gasteiger partial charge is 0.225 e. The quantitative estimate of drug-likeness (QED) is 0.732. The number of carbonyl (C=O) groups excluding carboxylic acids is 1. The zero-order valence-electron chi connectivity index (χ0n) is 9.37. The summed E-state index contributed by atoms with van der Waals surface area (Å²) in [6, 6.07) is 0.420. The molecule has 0 aromatic carbocycles. The minimum atomic E-state index is 0.180. The zero-order valence-corrected chi connectivity index (χ0v) is 9.37. The van der Waals surface area contributed by atoms with Crippen LogP contribution in [-0.4, -0.2) is 49.2 Å². The second-order valence-electron chi connectivity index (χ2n) is 4.33. The second kappa shape index (κ2) is 4.94. The molecule has 2 aliphatic heterocycles. The summed E-state index contributed by atoms with van der Waals surface area (Å²) in [5.74, 6) is 0.260. The first kappa shape index (κ1) is 10.9. The highest BCUT2D eigenvalue weighted by Gasteiger charge is 2.29. The van der Waals surface area contributed by atoms with Crippen LogP contribution in [0.4, 0.5) is 0 Å². The molecule has 15 heavy (non-hydrogen) atoms. The maximum atomic E-state index is 12.0. The van der Waals surface area contributed by atoms with Gasteiger partial charge in [-0.05, 0) is 19.8 Å². The molecule has 0 spiro atoms. The summed E-state index contributed by atoms with van der Waals surface area (Å²) < 4.78 is 5.49. The molecule has 0 aromatic heterocycles. The standard InChI is InChI=1S/C11H20N2O2/c1-2-13(9-7-12-8-9)11(14)6-10-4-3-5-15-10/h9-10,12H,2-8H2,1H3. The van der Waals surface area contributed by atoms with Gasteiger partial charge >= 0.3 is 0 Å². The van der Waals surface area contributed by atoms with Gasteiger partial charge in [0.1, 0.15) is 0 Å². The summed E-state index contributed by atoms with van der Waals surface area (Å²) in [5.41, 5.74) is 0. The molecule has 2 saturated heterocycles. The number of rotatable bonds is 4. The Morgan fingerprint density at radius 2 is 2.33 bits per heavy atom. The molecule has 2 aliphatic rings. The Bertz CT molecular complexity index is 223. The van der Waals surface area contributed by atoms with Gasteiger partial charge in [-0.2, -0.15) is 0 Å². The van der Waals surface area contributed by atoms with Gasteiger partial charge in [0, 0.05) is 26.2 Å². The lowest BCUT2D eigenvalue weighted by atomic mass is 10.1. The van der Waals surface area contributed by atoms with Crippen molar-refractivity contribution < 1.29 is 9.53 Å². The molecule has 2 heterocycles. The fourth-order valence-electron chi connectivity index (χ4n) is 2.25. The van der Waals surface area contributed by atoms with Gasteiger partial charge < -0.3 is 15.0 Å². The molecule has 2 fully saturated rings. The van der Waals surface area contributed by atoms with Gasteiger partial charge in [0.15, 0.2) is 0 Å². The zero-order chi connectivity index (χ0) is 10.7. The van der Waals surface area contributed by atoms with E-state index in [9.17, 15) is 4.79 Å². The van der Waals surface area contributed by atoms with Crippen molar-refractivity contribution >= 4 is 5.91 Å². The lowest BCUT2D eigenvalue weighted by molar-refractivity contribution is -0.136. The number of carbonyl (C=O) groups is 1. The van der Waals surface area contributed by atoms with Gasteiger partial charge in [-0.15, -0.1) is 0 Å². The minimum absolute atomic E-state index is 0.180. The third kappa shape index (κ3) is 2.49. The van der Waals surface area contributed by atoms with E-state index < -0.39 is 0 Å². The fraction of sp³-hybridized carbons (Fsp3) is 0.909. The summed E-state index contributed by atoms with van der Waals surface area (Å²) >= 11 is 0. The average Bonchev–Trinajstić information content (AvgIpc) is 2.63. The summed E-state index contributed by atoms with van der Waals surface area (Å²) in [7, 11) is 0. The second-order valence-corrected chi connectivity index (χ2v) is 4.33. The molecule has 1 atom stereocenters. The lowest BCUT2D eigenvalue weighted by Crippen LogP contribution is -2.59. The van der Waals surface area contributed by atoms with Crippen LogP contribution in [0.25, 0.3) is 0 Å². The van der Waals surface area contributed by atoms with E-state index in [1.54, 1.807) is 0 Å². The number of amides is 1. The fourth-order valence-corrected chi connectivity index (χ4v) is 2.25. The molecule has 0 radical (unpaired) electrons. The van der Waals surface area contributed by atoms with Crippen LogP contribution in [0.5, 0.6) is 0 Å². The molecule has 4 heteroatoms. The molecule has 1 N–H and O–H groups in total. The van der Waals surface area contributed by atoms with Crippen molar-refractivity contribution in [2.75, 3.05) is 26.2 Å². The highest BCUT2D eigenvalue weighted by Crippen LogP contribution is 2.17. The third-order valence-corrected chi connectivity index (χ3v) is 3.29. The van der Waals surface area contributed by atoms with Gasteiger partial charge in [0.25, 0.3) is 0 Å². The number of likely N-dealkylation sites (N-methyl/N-ethyl adjacent to an activating group) is 1. The van der Waals surface area contributed by atoms with E-state index in [1.807, 2.05) is 11.8 Å². The van der Waals surface area contributed by atoms with Crippen LogP contribution >= 0.6 is 0 Å². The molecule has 0 aliphatic carbocycles. The van der Waals surface area contributed by atoms with E-state index in [0.29, 0.717) is 12.5 Å². The Morgan fingerprint density at radius 3 is 2.80 bits per heavy atom. The molecule has 0 aromatic rings. The minimum Gasteiger partial charge on any atom is -0.378 e. The summed E-state index contributed by atoms with van der Waals surface area (Å²) in [6.07, 6.45) is 2.91.